The first-order chi connectivity index (χ1) is 12.2. The van der Waals surface area contributed by atoms with Crippen LogP contribution in [0.5, 0.6) is 0 Å². The molecular weight excluding hydrogens is 516 g/mol. The van der Waals surface area contributed by atoms with E-state index in [1.807, 2.05) is 13.0 Å². The van der Waals surface area contributed by atoms with E-state index in [1.165, 1.54) is 6.07 Å². The van der Waals surface area contributed by atoms with Crippen molar-refractivity contribution < 1.29 is 13.9 Å². The van der Waals surface area contributed by atoms with Gasteiger partial charge in [0.2, 0.25) is 0 Å². The summed E-state index contributed by atoms with van der Waals surface area (Å²) in [6.45, 7) is 6.32. The van der Waals surface area contributed by atoms with Gasteiger partial charge in [-0.2, -0.15) is 0 Å². The molecule has 0 aromatic heterocycles. The van der Waals surface area contributed by atoms with E-state index in [9.17, 15) is 4.39 Å². The van der Waals surface area contributed by atoms with Crippen LogP contribution >= 0.6 is 39.9 Å². The molecule has 1 aliphatic rings. The maximum Gasteiger partial charge on any atom is 0.191 e. The molecule has 1 aromatic carbocycles. The number of nitrogens with one attached hydrogen (secondary N) is 2. The largest absolute Gasteiger partial charge is 0.379 e. The molecule has 1 atom stereocenters. The van der Waals surface area contributed by atoms with E-state index in [0.29, 0.717) is 38.3 Å². The van der Waals surface area contributed by atoms with Crippen LogP contribution < -0.4 is 10.6 Å². The summed E-state index contributed by atoms with van der Waals surface area (Å²) >= 11 is 3.37. The molecule has 26 heavy (non-hydrogen) atoms. The first kappa shape index (κ1) is 23.6. The minimum absolute atomic E-state index is 0. The number of aliphatic imine (C=N–C) groups is 1. The van der Waals surface area contributed by atoms with Gasteiger partial charge in [0, 0.05) is 37.3 Å². The summed E-state index contributed by atoms with van der Waals surface area (Å²) < 4.78 is 25.6. The van der Waals surface area contributed by atoms with Gasteiger partial charge in [0.25, 0.3) is 0 Å². The molecule has 8 heteroatoms. The second kappa shape index (κ2) is 13.7. The molecule has 1 aliphatic heterocycles. The Morgan fingerprint density at radius 1 is 1.42 bits per heavy atom. The van der Waals surface area contributed by atoms with Crippen molar-refractivity contribution in [2.75, 3.05) is 39.5 Å². The molecule has 2 N–H and O–H groups in total. The highest BCUT2D eigenvalue weighted by molar-refractivity contribution is 14.0. The quantitative estimate of drug-likeness (QED) is 0.217. The summed E-state index contributed by atoms with van der Waals surface area (Å²) in [5.74, 6) is 0.571. The molecular formula is C18H28BrFIN3O2. The van der Waals surface area contributed by atoms with E-state index < -0.39 is 0 Å². The van der Waals surface area contributed by atoms with Crippen LogP contribution in [0.1, 0.15) is 25.3 Å². The van der Waals surface area contributed by atoms with Gasteiger partial charge in [0.15, 0.2) is 5.96 Å². The Morgan fingerprint density at radius 2 is 2.27 bits per heavy atom. The second-order valence-electron chi connectivity index (χ2n) is 5.88. The summed E-state index contributed by atoms with van der Waals surface area (Å²) in [6, 6.07) is 5.00. The summed E-state index contributed by atoms with van der Waals surface area (Å²) in [5.41, 5.74) is 0.685. The minimum Gasteiger partial charge on any atom is -0.379 e. The van der Waals surface area contributed by atoms with Gasteiger partial charge in [-0.15, -0.1) is 24.0 Å². The van der Waals surface area contributed by atoms with Gasteiger partial charge in [0.05, 0.1) is 12.7 Å². The first-order valence-corrected chi connectivity index (χ1v) is 9.63. The number of hydrogen-bond donors (Lipinski definition) is 2. The first-order valence-electron chi connectivity index (χ1n) is 8.84. The molecule has 0 amide bonds. The van der Waals surface area contributed by atoms with Crippen LogP contribution in [-0.4, -0.2) is 51.5 Å². The van der Waals surface area contributed by atoms with Gasteiger partial charge >= 0.3 is 0 Å². The Bertz CT molecular complexity index is 557. The maximum atomic E-state index is 13.7. The molecule has 1 unspecified atom stereocenters. The summed E-state index contributed by atoms with van der Waals surface area (Å²) in [5, 5.41) is 6.45. The zero-order valence-corrected chi connectivity index (χ0v) is 19.0. The highest BCUT2D eigenvalue weighted by atomic mass is 127. The standard InChI is InChI=1S/C18H27BrFN3O2.HI/c1-2-21-18(22-8-3-10-25-16-7-11-24-13-16)23-9-6-14-12-15(19)4-5-17(14)20;/h4-5,12,16H,2-3,6-11,13H2,1H3,(H2,21,22,23);1H. The van der Waals surface area contributed by atoms with E-state index in [-0.39, 0.29) is 35.9 Å². The van der Waals surface area contributed by atoms with Crippen LogP contribution in [0.2, 0.25) is 0 Å². The van der Waals surface area contributed by atoms with Gasteiger partial charge in [-0.05, 0) is 49.9 Å². The number of guanidine groups is 1. The van der Waals surface area contributed by atoms with Crippen molar-refractivity contribution in [2.24, 2.45) is 4.99 Å². The van der Waals surface area contributed by atoms with Crippen molar-refractivity contribution in [1.29, 1.82) is 0 Å². The monoisotopic (exact) mass is 543 g/mol. The molecule has 1 fully saturated rings. The van der Waals surface area contributed by atoms with Gasteiger partial charge in [-0.1, -0.05) is 15.9 Å². The number of nitrogens with zero attached hydrogens (tertiary/aromatic N) is 1. The maximum absolute atomic E-state index is 13.7. The van der Waals surface area contributed by atoms with E-state index >= 15 is 0 Å². The molecule has 5 nitrogen and oxygen atoms in total. The van der Waals surface area contributed by atoms with Crippen molar-refractivity contribution in [3.63, 3.8) is 0 Å². The van der Waals surface area contributed by atoms with Crippen LogP contribution in [0.3, 0.4) is 0 Å². The van der Waals surface area contributed by atoms with Crippen LogP contribution in [0.15, 0.2) is 27.7 Å². The molecule has 1 saturated heterocycles. The lowest BCUT2D eigenvalue weighted by Gasteiger charge is -2.12. The van der Waals surface area contributed by atoms with E-state index in [0.717, 1.165) is 36.4 Å². The molecule has 0 aliphatic carbocycles. The van der Waals surface area contributed by atoms with Crippen molar-refractivity contribution in [1.82, 2.24) is 10.6 Å². The lowest BCUT2D eigenvalue weighted by Crippen LogP contribution is -2.38. The Kier molecular flexibility index (Phi) is 12.4. The van der Waals surface area contributed by atoms with Crippen molar-refractivity contribution in [3.05, 3.63) is 34.1 Å². The zero-order valence-electron chi connectivity index (χ0n) is 15.1. The van der Waals surface area contributed by atoms with Crippen LogP contribution in [-0.2, 0) is 15.9 Å². The number of halogens is 3. The molecule has 0 radical (unpaired) electrons. The zero-order chi connectivity index (χ0) is 17.9. The molecule has 0 bridgehead atoms. The highest BCUT2D eigenvalue weighted by Gasteiger charge is 2.15. The lowest BCUT2D eigenvalue weighted by atomic mass is 10.1. The van der Waals surface area contributed by atoms with Gasteiger partial charge in [0.1, 0.15) is 5.82 Å². The third kappa shape index (κ3) is 8.96. The van der Waals surface area contributed by atoms with Gasteiger partial charge in [-0.25, -0.2) is 4.39 Å². The minimum atomic E-state index is -0.181. The predicted molar refractivity (Wildman–Crippen MR) is 117 cm³/mol. The average Bonchev–Trinajstić information content (AvgIpc) is 3.11. The van der Waals surface area contributed by atoms with Gasteiger partial charge in [-0.3, -0.25) is 4.99 Å². The van der Waals surface area contributed by atoms with E-state index in [2.05, 4.69) is 31.6 Å². The fourth-order valence-corrected chi connectivity index (χ4v) is 2.95. The molecule has 1 aromatic rings. The number of benzene rings is 1. The molecule has 0 saturated carbocycles. The fraction of sp³-hybridized carbons (Fsp3) is 0.611. The van der Waals surface area contributed by atoms with Crippen molar-refractivity contribution in [3.8, 4) is 0 Å². The number of hydrogen-bond acceptors (Lipinski definition) is 3. The summed E-state index contributed by atoms with van der Waals surface area (Å²) in [7, 11) is 0. The number of rotatable bonds is 9. The van der Waals surface area contributed by atoms with Crippen LogP contribution in [0.4, 0.5) is 4.39 Å². The third-order valence-electron chi connectivity index (χ3n) is 3.85. The summed E-state index contributed by atoms with van der Waals surface area (Å²) in [4.78, 5) is 4.53. The normalized spacial score (nSPS) is 17.0. The summed E-state index contributed by atoms with van der Waals surface area (Å²) in [6.07, 6.45) is 2.70. The topological polar surface area (TPSA) is 54.9 Å². The molecule has 148 valence electrons. The Labute approximate surface area is 180 Å². The van der Waals surface area contributed by atoms with Crippen molar-refractivity contribution >= 4 is 45.9 Å². The van der Waals surface area contributed by atoms with Crippen LogP contribution in [0.25, 0.3) is 0 Å². The van der Waals surface area contributed by atoms with E-state index in [1.54, 1.807) is 6.07 Å². The molecule has 1 heterocycles. The van der Waals surface area contributed by atoms with E-state index in [4.69, 9.17) is 9.47 Å². The lowest BCUT2D eigenvalue weighted by molar-refractivity contribution is 0.0424. The highest BCUT2D eigenvalue weighted by Crippen LogP contribution is 2.15. The van der Waals surface area contributed by atoms with Crippen LogP contribution in [0, 0.1) is 5.82 Å². The Hall–Kier alpha value is -0.450. The molecule has 2 rings (SSSR count). The number of ether oxygens (including phenoxy) is 2. The smallest absolute Gasteiger partial charge is 0.191 e. The Morgan fingerprint density at radius 3 is 3.00 bits per heavy atom. The predicted octanol–water partition coefficient (Wildman–Crippen LogP) is 3.50. The average molecular weight is 544 g/mol. The SMILES string of the molecule is CCNC(=NCCCOC1CCOC1)NCCc1cc(Br)ccc1F.I. The fourth-order valence-electron chi connectivity index (χ4n) is 2.54. The molecule has 0 spiro atoms. The Balaban J connectivity index is 0.00000338. The third-order valence-corrected chi connectivity index (χ3v) is 4.35. The van der Waals surface area contributed by atoms with Crippen molar-refractivity contribution in [2.45, 2.75) is 32.3 Å². The van der Waals surface area contributed by atoms with Gasteiger partial charge < -0.3 is 20.1 Å². The second-order valence-corrected chi connectivity index (χ2v) is 6.80.